The number of allylic oxidation sites excluding steroid dienone is 1. The van der Waals surface area contributed by atoms with Gasteiger partial charge in [0, 0.05) is 19.0 Å². The number of nitrogens with zero attached hydrogens (tertiary/aromatic N) is 1. The average molecular weight is 253 g/mol. The molecule has 1 unspecified atom stereocenters. The second-order valence-corrected chi connectivity index (χ2v) is 4.34. The molecule has 1 heterocycles. The molecule has 0 spiro atoms. The van der Waals surface area contributed by atoms with Crippen LogP contribution < -0.4 is 0 Å². The van der Waals surface area contributed by atoms with Gasteiger partial charge in [-0.1, -0.05) is 18.3 Å². The van der Waals surface area contributed by atoms with Crippen molar-refractivity contribution in [2.45, 2.75) is 0 Å². The van der Waals surface area contributed by atoms with E-state index in [9.17, 15) is 4.79 Å². The lowest BCUT2D eigenvalue weighted by molar-refractivity contribution is -0.114. The van der Waals surface area contributed by atoms with E-state index in [1.165, 1.54) is 13.2 Å². The maximum atomic E-state index is 11.4. The van der Waals surface area contributed by atoms with Gasteiger partial charge in [0.15, 0.2) is 5.76 Å². The van der Waals surface area contributed by atoms with Crippen LogP contribution in [0, 0.1) is 5.92 Å². The molecule has 1 atom stereocenters. The predicted octanol–water partition coefficient (Wildman–Crippen LogP) is 0.931. The van der Waals surface area contributed by atoms with Gasteiger partial charge in [-0.05, 0) is 12.2 Å². The van der Waals surface area contributed by atoms with Crippen molar-refractivity contribution < 1.29 is 14.3 Å². The van der Waals surface area contributed by atoms with Crippen molar-refractivity contribution in [3.8, 4) is 0 Å². The molecule has 5 heteroatoms. The first kappa shape index (κ1) is 12.3. The Bertz CT molecular complexity index is 383. The third-order valence-electron chi connectivity index (χ3n) is 2.86. The highest BCUT2D eigenvalue weighted by atomic mass is 32.1. The van der Waals surface area contributed by atoms with Crippen LogP contribution in [-0.4, -0.2) is 49.1 Å². The Morgan fingerprint density at radius 1 is 1.53 bits per heavy atom. The third-order valence-corrected chi connectivity index (χ3v) is 3.39. The number of carbonyl (C=O) groups is 1. The Balaban J connectivity index is 2.07. The molecule has 0 aromatic heterocycles. The van der Waals surface area contributed by atoms with Crippen LogP contribution in [0.4, 0.5) is 0 Å². The first-order valence-corrected chi connectivity index (χ1v) is 5.98. The largest absolute Gasteiger partial charge is 0.493 e. The summed E-state index contributed by atoms with van der Waals surface area (Å²) in [5.41, 5.74) is 0. The molecule has 0 radical (unpaired) electrons. The lowest BCUT2D eigenvalue weighted by Crippen LogP contribution is -2.42. The zero-order chi connectivity index (χ0) is 12.3. The first-order valence-electron chi connectivity index (χ1n) is 5.57. The summed E-state index contributed by atoms with van der Waals surface area (Å²) >= 11 is 5.44. The topological polar surface area (TPSA) is 38.8 Å². The number of ether oxygens (including phenoxy) is 2. The van der Waals surface area contributed by atoms with Gasteiger partial charge in [0.25, 0.3) is 0 Å². The van der Waals surface area contributed by atoms with Gasteiger partial charge in [0.2, 0.25) is 5.78 Å². The van der Waals surface area contributed by atoms with Gasteiger partial charge < -0.3 is 14.4 Å². The number of morpholine rings is 1. The van der Waals surface area contributed by atoms with E-state index in [-0.39, 0.29) is 11.7 Å². The Kier molecular flexibility index (Phi) is 3.91. The molecule has 0 bridgehead atoms. The van der Waals surface area contributed by atoms with Crippen LogP contribution in [-0.2, 0) is 14.3 Å². The average Bonchev–Trinajstić information content (AvgIpc) is 2.39. The van der Waals surface area contributed by atoms with E-state index in [2.05, 4.69) is 4.90 Å². The molecule has 2 rings (SSSR count). The lowest BCUT2D eigenvalue weighted by atomic mass is 10.0. The minimum atomic E-state index is -0.103. The molecule has 0 aromatic rings. The van der Waals surface area contributed by atoms with E-state index in [1.54, 1.807) is 6.08 Å². The van der Waals surface area contributed by atoms with Gasteiger partial charge in [-0.3, -0.25) is 4.79 Å². The first-order chi connectivity index (χ1) is 8.22. The summed E-state index contributed by atoms with van der Waals surface area (Å²) < 4.78 is 10.3. The molecular weight excluding hydrogens is 238 g/mol. The van der Waals surface area contributed by atoms with E-state index in [1.807, 2.05) is 6.08 Å². The quantitative estimate of drug-likeness (QED) is 0.685. The molecule has 0 amide bonds. The van der Waals surface area contributed by atoms with Gasteiger partial charge in [-0.2, -0.15) is 0 Å². The molecule has 92 valence electrons. The van der Waals surface area contributed by atoms with Crippen molar-refractivity contribution in [1.82, 2.24) is 4.90 Å². The van der Waals surface area contributed by atoms with Gasteiger partial charge in [0.05, 0.1) is 25.3 Å². The summed E-state index contributed by atoms with van der Waals surface area (Å²) in [5, 5.41) is 0. The Morgan fingerprint density at radius 3 is 2.88 bits per heavy atom. The molecule has 1 saturated heterocycles. The van der Waals surface area contributed by atoms with Crippen molar-refractivity contribution in [3.63, 3.8) is 0 Å². The number of rotatable bonds is 2. The number of ketones is 1. The number of hydrogen-bond donors (Lipinski definition) is 0. The number of thiocarbonyl (C=S) groups is 1. The molecule has 0 saturated carbocycles. The fraction of sp³-hybridized carbons (Fsp3) is 0.500. The number of methoxy groups -OCH3 is 1. The molecular formula is C12H15NO3S. The van der Waals surface area contributed by atoms with Crippen molar-refractivity contribution in [2.75, 3.05) is 33.4 Å². The summed E-state index contributed by atoms with van der Waals surface area (Å²) in [4.78, 5) is 14.4. The highest BCUT2D eigenvalue weighted by Gasteiger charge is 2.23. The van der Waals surface area contributed by atoms with E-state index in [4.69, 9.17) is 21.7 Å². The van der Waals surface area contributed by atoms with E-state index >= 15 is 0 Å². The van der Waals surface area contributed by atoms with E-state index in [0.29, 0.717) is 19.0 Å². The van der Waals surface area contributed by atoms with Crippen LogP contribution in [0.25, 0.3) is 0 Å². The predicted molar refractivity (Wildman–Crippen MR) is 67.7 cm³/mol. The smallest absolute Gasteiger partial charge is 0.219 e. The van der Waals surface area contributed by atoms with Crippen LogP contribution in [0.1, 0.15) is 0 Å². The highest BCUT2D eigenvalue weighted by Crippen LogP contribution is 2.18. The van der Waals surface area contributed by atoms with Crippen molar-refractivity contribution in [3.05, 3.63) is 24.0 Å². The Hall–Kier alpha value is -1.20. The second-order valence-electron chi connectivity index (χ2n) is 3.92. The second kappa shape index (κ2) is 5.42. The SMILES string of the molecule is COC1=CC(C(=S)N2CCOCC2)C=CC1=O. The van der Waals surface area contributed by atoms with Gasteiger partial charge in [-0.25, -0.2) is 0 Å². The molecule has 1 aliphatic carbocycles. The fourth-order valence-corrected chi connectivity index (χ4v) is 2.22. The van der Waals surface area contributed by atoms with Crippen molar-refractivity contribution >= 4 is 23.0 Å². The zero-order valence-corrected chi connectivity index (χ0v) is 10.5. The minimum Gasteiger partial charge on any atom is -0.493 e. The van der Waals surface area contributed by atoms with Crippen molar-refractivity contribution in [1.29, 1.82) is 0 Å². The summed E-state index contributed by atoms with van der Waals surface area (Å²) in [5.74, 6) is 0.234. The fourth-order valence-electron chi connectivity index (χ4n) is 1.89. The standard InChI is InChI=1S/C12H15NO3S/c1-15-11-8-9(2-3-10(11)14)12(17)13-4-6-16-7-5-13/h2-3,8-9H,4-7H2,1H3. The molecule has 0 N–H and O–H groups in total. The molecule has 2 aliphatic rings. The van der Waals surface area contributed by atoms with Crippen LogP contribution in [0.3, 0.4) is 0 Å². The van der Waals surface area contributed by atoms with E-state index < -0.39 is 0 Å². The minimum absolute atomic E-state index is 0.0317. The molecule has 17 heavy (non-hydrogen) atoms. The summed E-state index contributed by atoms with van der Waals surface area (Å²) in [6.07, 6.45) is 5.12. The van der Waals surface area contributed by atoms with Crippen LogP contribution in [0.15, 0.2) is 24.0 Å². The molecule has 1 fully saturated rings. The lowest BCUT2D eigenvalue weighted by Gasteiger charge is -2.31. The number of carbonyl (C=O) groups excluding carboxylic acids is 1. The normalized spacial score (nSPS) is 24.5. The van der Waals surface area contributed by atoms with Crippen LogP contribution >= 0.6 is 12.2 Å². The van der Waals surface area contributed by atoms with Crippen LogP contribution in [0.5, 0.6) is 0 Å². The molecule has 4 nitrogen and oxygen atoms in total. The van der Waals surface area contributed by atoms with E-state index in [0.717, 1.165) is 18.1 Å². The summed E-state index contributed by atoms with van der Waals surface area (Å²) in [6.45, 7) is 3.03. The summed E-state index contributed by atoms with van der Waals surface area (Å²) in [6, 6.07) is 0. The van der Waals surface area contributed by atoms with Crippen LogP contribution in [0.2, 0.25) is 0 Å². The summed E-state index contributed by atoms with van der Waals surface area (Å²) in [7, 11) is 1.50. The van der Waals surface area contributed by atoms with Gasteiger partial charge in [0.1, 0.15) is 0 Å². The molecule has 0 aromatic carbocycles. The molecule has 1 aliphatic heterocycles. The van der Waals surface area contributed by atoms with Crippen molar-refractivity contribution in [2.24, 2.45) is 5.92 Å². The van der Waals surface area contributed by atoms with Gasteiger partial charge >= 0.3 is 0 Å². The maximum Gasteiger partial charge on any atom is 0.219 e. The maximum absolute atomic E-state index is 11.4. The highest BCUT2D eigenvalue weighted by molar-refractivity contribution is 7.80. The third kappa shape index (κ3) is 2.73. The Morgan fingerprint density at radius 2 is 2.24 bits per heavy atom. The Labute approximate surface area is 106 Å². The monoisotopic (exact) mass is 253 g/mol. The van der Waals surface area contributed by atoms with Gasteiger partial charge in [-0.15, -0.1) is 0 Å². The number of hydrogen-bond acceptors (Lipinski definition) is 4. The zero-order valence-electron chi connectivity index (χ0n) is 9.72.